The van der Waals surface area contributed by atoms with E-state index in [1.54, 1.807) is 15.9 Å². The van der Waals surface area contributed by atoms with Crippen LogP contribution in [0.1, 0.15) is 6.92 Å². The molecule has 0 aliphatic heterocycles. The molecule has 0 fully saturated rings. The van der Waals surface area contributed by atoms with Gasteiger partial charge in [0.2, 0.25) is 0 Å². The monoisotopic (exact) mass is 238 g/mol. The van der Waals surface area contributed by atoms with E-state index in [9.17, 15) is 13.3 Å². The summed E-state index contributed by atoms with van der Waals surface area (Å²) in [7, 11) is -4.79. The molecule has 3 nitrogen and oxygen atoms in total. The van der Waals surface area contributed by atoms with Gasteiger partial charge in [-0.05, 0) is 6.92 Å². The Morgan fingerprint density at radius 3 is 2.30 bits per heavy atom. The molecule has 62 valence electrons. The normalized spacial score (nSPS) is 18.5. The van der Waals surface area contributed by atoms with Gasteiger partial charge in [-0.15, -0.1) is 0 Å². The molecular weight excluding hydrogens is 233 g/mol. The Hall–Kier alpha value is 0.490. The zero-order chi connectivity index (χ0) is 8.41. The average Bonchev–Trinajstić information content (AvgIpc) is 1.61. The first-order chi connectivity index (χ1) is 4.31. The van der Waals surface area contributed by atoms with E-state index < -0.39 is 12.2 Å². The summed E-state index contributed by atoms with van der Waals surface area (Å²) < 4.78 is 34.4. The van der Waals surface area contributed by atoms with Gasteiger partial charge in [0.25, 0.3) is 0 Å². The summed E-state index contributed by atoms with van der Waals surface area (Å²) in [6, 6.07) is 0. The third-order valence-corrected chi connectivity index (χ3v) is 3.22. The van der Waals surface area contributed by atoms with Crippen molar-refractivity contribution in [3.63, 3.8) is 0 Å². The second-order valence-corrected chi connectivity index (χ2v) is 4.88. The minimum Gasteiger partial charge on any atom is -0.319 e. The van der Waals surface area contributed by atoms with Crippen LogP contribution >= 0.6 is 23.5 Å². The number of hydrogen-bond donors (Lipinski definition) is 1. The summed E-state index contributed by atoms with van der Waals surface area (Å²) in [6.07, 6.45) is 0. The van der Waals surface area contributed by atoms with E-state index in [1.165, 1.54) is 6.92 Å². The van der Waals surface area contributed by atoms with Gasteiger partial charge < -0.3 is 9.42 Å². The Morgan fingerprint density at radius 1 is 1.80 bits per heavy atom. The van der Waals surface area contributed by atoms with Gasteiger partial charge in [0.15, 0.2) is 0 Å². The van der Waals surface area contributed by atoms with E-state index in [0.29, 0.717) is 0 Å². The van der Waals surface area contributed by atoms with Crippen LogP contribution in [0.15, 0.2) is 0 Å². The molecule has 10 heavy (non-hydrogen) atoms. The van der Waals surface area contributed by atoms with Crippen molar-refractivity contribution in [3.8, 4) is 0 Å². The fraction of sp³-hybridized carbons (Fsp3) is 1.00. The number of hydrogen-bond acceptors (Lipinski definition) is 2. The van der Waals surface area contributed by atoms with Gasteiger partial charge in [0.1, 0.15) is 0 Å². The van der Waals surface area contributed by atoms with Crippen LogP contribution in [0.4, 0.5) is 8.78 Å². The maximum atomic E-state index is 12.0. The molecule has 0 bridgehead atoms. The lowest BCUT2D eigenvalue weighted by atomic mass is 10.9. The average molecular weight is 239 g/mol. The summed E-state index contributed by atoms with van der Waals surface area (Å²) in [4.78, 5) is 8.39. The summed E-state index contributed by atoms with van der Waals surface area (Å²) in [5.74, 6) is 0. The van der Waals surface area contributed by atoms with E-state index >= 15 is 0 Å². The minimum atomic E-state index is -4.79. The number of alkyl halides is 3. The van der Waals surface area contributed by atoms with E-state index in [-0.39, 0.29) is 6.61 Å². The summed E-state index contributed by atoms with van der Waals surface area (Å²) in [5.41, 5.74) is 0. The van der Waals surface area contributed by atoms with Gasteiger partial charge in [-0.25, -0.2) is 0 Å². The molecule has 0 aliphatic rings. The molecule has 0 spiro atoms. The van der Waals surface area contributed by atoms with Crippen LogP contribution < -0.4 is 0 Å². The summed E-state index contributed by atoms with van der Waals surface area (Å²) >= 11 is 1.73. The van der Waals surface area contributed by atoms with Crippen LogP contribution in [-0.2, 0) is 9.09 Å². The molecule has 0 aromatic rings. The van der Waals surface area contributed by atoms with Gasteiger partial charge >= 0.3 is 12.2 Å². The molecular formula is C3H6BrF2O3P. The Balaban J connectivity index is 4.26. The topological polar surface area (TPSA) is 46.5 Å². The quantitative estimate of drug-likeness (QED) is 0.606. The van der Waals surface area contributed by atoms with Crippen LogP contribution in [0.3, 0.4) is 0 Å². The molecule has 1 N–H and O–H groups in total. The molecule has 0 heterocycles. The Bertz CT molecular complexity index is 156. The van der Waals surface area contributed by atoms with Gasteiger partial charge in [0.05, 0.1) is 6.61 Å². The van der Waals surface area contributed by atoms with Crippen LogP contribution in [0, 0.1) is 0 Å². The largest absolute Gasteiger partial charge is 0.408 e. The lowest BCUT2D eigenvalue weighted by Crippen LogP contribution is -2.08. The summed E-state index contributed by atoms with van der Waals surface area (Å²) in [5, 5.41) is 0. The SMILES string of the molecule is CCOP(=O)(O)C(F)(F)Br. The lowest BCUT2D eigenvalue weighted by molar-refractivity contribution is 0.138. The van der Waals surface area contributed by atoms with Crippen molar-refractivity contribution in [2.75, 3.05) is 6.61 Å². The molecule has 1 unspecified atom stereocenters. The standard InChI is InChI=1S/C3H6BrF2O3P/c1-2-9-10(7,8)3(4,5)6/h2H2,1H3,(H,7,8). The molecule has 0 saturated heterocycles. The third-order valence-electron chi connectivity index (χ3n) is 0.624. The van der Waals surface area contributed by atoms with Crippen molar-refractivity contribution in [3.05, 3.63) is 0 Å². The van der Waals surface area contributed by atoms with Gasteiger partial charge in [-0.3, -0.25) is 4.57 Å². The van der Waals surface area contributed by atoms with Gasteiger partial charge in [-0.1, -0.05) is 0 Å². The molecule has 7 heteroatoms. The molecule has 0 rings (SSSR count). The Morgan fingerprint density at radius 2 is 2.20 bits per heavy atom. The highest BCUT2D eigenvalue weighted by molar-refractivity contribution is 9.11. The summed E-state index contributed by atoms with van der Waals surface area (Å²) in [6.45, 7) is 1.12. The smallest absolute Gasteiger partial charge is 0.319 e. The van der Waals surface area contributed by atoms with Crippen molar-refractivity contribution >= 4 is 23.5 Å². The Labute approximate surface area is 65.0 Å². The predicted molar refractivity (Wildman–Crippen MR) is 35.3 cm³/mol. The van der Waals surface area contributed by atoms with Crippen LogP contribution in [0.25, 0.3) is 0 Å². The van der Waals surface area contributed by atoms with Crippen LogP contribution in [-0.4, -0.2) is 16.1 Å². The molecule has 0 radical (unpaired) electrons. The molecule has 0 aromatic carbocycles. The van der Waals surface area contributed by atoms with Crippen LogP contribution in [0.5, 0.6) is 0 Å². The molecule has 0 aliphatic carbocycles. The molecule has 0 aromatic heterocycles. The first kappa shape index (κ1) is 10.5. The van der Waals surface area contributed by atoms with Crippen molar-refractivity contribution in [2.24, 2.45) is 0 Å². The van der Waals surface area contributed by atoms with E-state index in [1.807, 2.05) is 0 Å². The first-order valence-corrected chi connectivity index (χ1v) is 4.72. The second-order valence-electron chi connectivity index (χ2n) is 1.41. The number of rotatable bonds is 3. The highest BCUT2D eigenvalue weighted by Gasteiger charge is 2.48. The van der Waals surface area contributed by atoms with Crippen molar-refractivity contribution in [2.45, 2.75) is 11.5 Å². The minimum absolute atomic E-state index is 0.227. The van der Waals surface area contributed by atoms with E-state index in [0.717, 1.165) is 0 Å². The second kappa shape index (κ2) is 3.26. The van der Waals surface area contributed by atoms with Gasteiger partial charge in [0, 0.05) is 15.9 Å². The van der Waals surface area contributed by atoms with Crippen LogP contribution in [0.2, 0.25) is 0 Å². The third kappa shape index (κ3) is 2.62. The molecule has 0 saturated carbocycles. The van der Waals surface area contributed by atoms with Gasteiger partial charge in [-0.2, -0.15) is 8.78 Å². The molecule has 0 amide bonds. The lowest BCUT2D eigenvalue weighted by Gasteiger charge is -2.14. The zero-order valence-electron chi connectivity index (χ0n) is 5.05. The van der Waals surface area contributed by atoms with Crippen molar-refractivity contribution in [1.82, 2.24) is 0 Å². The zero-order valence-corrected chi connectivity index (χ0v) is 7.53. The highest BCUT2D eigenvalue weighted by Crippen LogP contribution is 2.60. The van der Waals surface area contributed by atoms with E-state index in [4.69, 9.17) is 4.89 Å². The maximum absolute atomic E-state index is 12.0. The molecule has 1 atom stereocenters. The number of halogens is 3. The van der Waals surface area contributed by atoms with E-state index in [2.05, 4.69) is 4.52 Å². The van der Waals surface area contributed by atoms with Crippen molar-refractivity contribution in [1.29, 1.82) is 0 Å². The first-order valence-electron chi connectivity index (χ1n) is 2.35. The predicted octanol–water partition coefficient (Wildman–Crippen LogP) is 2.15. The van der Waals surface area contributed by atoms with Crippen molar-refractivity contribution < 1.29 is 22.8 Å². The maximum Gasteiger partial charge on any atom is 0.408 e. The fourth-order valence-corrected chi connectivity index (χ4v) is 1.05. The fourth-order valence-electron chi connectivity index (χ4n) is 0.248. The highest BCUT2D eigenvalue weighted by atomic mass is 79.9. The Kier molecular flexibility index (Phi) is 3.42.